The van der Waals surface area contributed by atoms with Crippen LogP contribution in [0.2, 0.25) is 0 Å². The summed E-state index contributed by atoms with van der Waals surface area (Å²) in [4.78, 5) is 24.3. The van der Waals surface area contributed by atoms with Gasteiger partial charge in [0, 0.05) is 16.1 Å². The largest absolute Gasteiger partial charge is 0.413 e. The summed E-state index contributed by atoms with van der Waals surface area (Å²) in [5.41, 5.74) is 0.874. The topological polar surface area (TPSA) is 67.4 Å². The van der Waals surface area contributed by atoms with Gasteiger partial charge >= 0.3 is 6.09 Å². The van der Waals surface area contributed by atoms with E-state index in [-0.39, 0.29) is 12.3 Å². The SMILES string of the molecule is CC(C)(C)NC(=O)Oc1ccc(CC(=O)Nc2ccc(SC(F)F)cc2)cc1. The van der Waals surface area contributed by atoms with Crippen molar-refractivity contribution >= 4 is 29.4 Å². The number of benzene rings is 2. The maximum absolute atomic E-state index is 12.3. The highest BCUT2D eigenvalue weighted by atomic mass is 32.2. The number of hydrogen-bond donors (Lipinski definition) is 2. The van der Waals surface area contributed by atoms with Gasteiger partial charge in [0.25, 0.3) is 5.76 Å². The number of carbonyl (C=O) groups excluding carboxylic acids is 2. The fourth-order valence-electron chi connectivity index (χ4n) is 2.22. The first-order valence-electron chi connectivity index (χ1n) is 8.54. The van der Waals surface area contributed by atoms with Crippen molar-refractivity contribution in [2.75, 3.05) is 5.32 Å². The second-order valence-electron chi connectivity index (χ2n) is 7.04. The zero-order chi connectivity index (χ0) is 20.7. The first kappa shape index (κ1) is 21.7. The molecule has 0 aliphatic rings. The van der Waals surface area contributed by atoms with Crippen molar-refractivity contribution in [3.05, 3.63) is 54.1 Å². The quantitative estimate of drug-likeness (QED) is 0.655. The van der Waals surface area contributed by atoms with Crippen LogP contribution in [-0.2, 0) is 11.2 Å². The van der Waals surface area contributed by atoms with Crippen LogP contribution >= 0.6 is 11.8 Å². The maximum atomic E-state index is 12.3. The van der Waals surface area contributed by atoms with Crippen LogP contribution in [-0.4, -0.2) is 23.3 Å². The molecule has 5 nitrogen and oxygen atoms in total. The molecule has 0 unspecified atom stereocenters. The molecule has 0 aliphatic carbocycles. The van der Waals surface area contributed by atoms with E-state index in [1.165, 1.54) is 12.1 Å². The molecule has 0 spiro atoms. The summed E-state index contributed by atoms with van der Waals surface area (Å²) >= 11 is 0.451. The van der Waals surface area contributed by atoms with Gasteiger partial charge in [0.05, 0.1) is 6.42 Å². The number of alkyl halides is 2. The third-order valence-corrected chi connectivity index (χ3v) is 4.06. The van der Waals surface area contributed by atoms with E-state index in [4.69, 9.17) is 4.74 Å². The van der Waals surface area contributed by atoms with Crippen LogP contribution in [0.3, 0.4) is 0 Å². The Morgan fingerprint density at radius 1 is 1.04 bits per heavy atom. The molecule has 0 aliphatic heterocycles. The van der Waals surface area contributed by atoms with Crippen molar-refractivity contribution in [3.63, 3.8) is 0 Å². The molecule has 0 heterocycles. The number of amides is 2. The zero-order valence-electron chi connectivity index (χ0n) is 15.8. The van der Waals surface area contributed by atoms with E-state index in [1.54, 1.807) is 36.4 Å². The Morgan fingerprint density at radius 2 is 1.64 bits per heavy atom. The summed E-state index contributed by atoms with van der Waals surface area (Å²) in [5.74, 6) is -2.35. The number of rotatable bonds is 6. The van der Waals surface area contributed by atoms with Crippen LogP contribution in [0.5, 0.6) is 5.75 Å². The Morgan fingerprint density at radius 3 is 2.18 bits per heavy atom. The lowest BCUT2D eigenvalue weighted by Gasteiger charge is -2.19. The van der Waals surface area contributed by atoms with Crippen molar-refractivity contribution in [2.45, 2.75) is 43.4 Å². The average molecular weight is 408 g/mol. The van der Waals surface area contributed by atoms with Gasteiger partial charge in [0.15, 0.2) is 0 Å². The first-order chi connectivity index (χ1) is 13.1. The summed E-state index contributed by atoms with van der Waals surface area (Å²) in [6.07, 6.45) is -0.423. The average Bonchev–Trinajstić information content (AvgIpc) is 2.56. The van der Waals surface area contributed by atoms with Crippen LogP contribution < -0.4 is 15.4 Å². The molecule has 2 rings (SSSR count). The Hall–Kier alpha value is -2.61. The van der Waals surface area contributed by atoms with E-state index < -0.39 is 17.4 Å². The number of nitrogens with one attached hydrogen (secondary N) is 2. The number of carbonyl (C=O) groups is 2. The molecule has 0 bridgehead atoms. The van der Waals surface area contributed by atoms with Gasteiger partial charge in [0.1, 0.15) is 5.75 Å². The van der Waals surface area contributed by atoms with Gasteiger partial charge in [-0.2, -0.15) is 8.78 Å². The second kappa shape index (κ2) is 9.54. The first-order valence-corrected chi connectivity index (χ1v) is 9.42. The van der Waals surface area contributed by atoms with Gasteiger partial charge in [-0.3, -0.25) is 4.79 Å². The van der Waals surface area contributed by atoms with Gasteiger partial charge < -0.3 is 15.4 Å². The highest BCUT2D eigenvalue weighted by molar-refractivity contribution is 7.99. The lowest BCUT2D eigenvalue weighted by Crippen LogP contribution is -2.42. The molecule has 150 valence electrons. The molecule has 2 aromatic carbocycles. The number of ether oxygens (including phenoxy) is 1. The third kappa shape index (κ3) is 7.96. The van der Waals surface area contributed by atoms with E-state index in [0.29, 0.717) is 28.1 Å². The summed E-state index contributed by atoms with van der Waals surface area (Å²) in [5, 5.41) is 5.40. The van der Waals surface area contributed by atoms with Crippen LogP contribution in [0.4, 0.5) is 19.3 Å². The molecule has 2 aromatic rings. The Kier molecular flexibility index (Phi) is 7.39. The van der Waals surface area contributed by atoms with Crippen molar-refractivity contribution in [2.24, 2.45) is 0 Å². The van der Waals surface area contributed by atoms with E-state index >= 15 is 0 Å². The minimum Gasteiger partial charge on any atom is -0.410 e. The van der Waals surface area contributed by atoms with Crippen molar-refractivity contribution in [3.8, 4) is 5.75 Å². The molecule has 0 atom stereocenters. The lowest BCUT2D eigenvalue weighted by atomic mass is 10.1. The van der Waals surface area contributed by atoms with Gasteiger partial charge in [0.2, 0.25) is 5.91 Å². The predicted molar refractivity (Wildman–Crippen MR) is 106 cm³/mol. The monoisotopic (exact) mass is 408 g/mol. The Balaban J connectivity index is 1.86. The molecule has 2 amide bonds. The van der Waals surface area contributed by atoms with Crippen molar-refractivity contribution in [1.82, 2.24) is 5.32 Å². The summed E-state index contributed by atoms with van der Waals surface area (Å²) < 4.78 is 29.8. The molecular weight excluding hydrogens is 386 g/mol. The van der Waals surface area contributed by atoms with E-state index in [1.807, 2.05) is 20.8 Å². The van der Waals surface area contributed by atoms with Crippen LogP contribution in [0.15, 0.2) is 53.4 Å². The van der Waals surface area contributed by atoms with E-state index in [2.05, 4.69) is 10.6 Å². The molecular formula is C20H22F2N2O3S. The third-order valence-electron chi connectivity index (χ3n) is 3.34. The molecule has 0 saturated carbocycles. The smallest absolute Gasteiger partial charge is 0.410 e. The van der Waals surface area contributed by atoms with E-state index in [0.717, 1.165) is 5.56 Å². The lowest BCUT2D eigenvalue weighted by molar-refractivity contribution is -0.115. The molecule has 0 saturated heterocycles. The molecule has 28 heavy (non-hydrogen) atoms. The molecule has 0 aromatic heterocycles. The number of hydrogen-bond acceptors (Lipinski definition) is 4. The molecule has 0 fully saturated rings. The normalized spacial score (nSPS) is 11.2. The van der Waals surface area contributed by atoms with Crippen LogP contribution in [0, 0.1) is 0 Å². The Labute approximate surface area is 166 Å². The standard InChI is InChI=1S/C20H22F2N2O3S/c1-20(2,3)24-19(26)27-15-8-4-13(5-9-15)12-17(25)23-14-6-10-16(11-7-14)28-18(21)22/h4-11,18H,12H2,1-3H3,(H,23,25)(H,24,26). The zero-order valence-corrected chi connectivity index (χ0v) is 16.6. The number of halogens is 2. The molecule has 0 radical (unpaired) electrons. The van der Waals surface area contributed by atoms with Gasteiger partial charge in [-0.05, 0) is 62.7 Å². The predicted octanol–water partition coefficient (Wildman–Crippen LogP) is 5.07. The van der Waals surface area contributed by atoms with Gasteiger partial charge in [-0.25, -0.2) is 4.79 Å². The molecule has 2 N–H and O–H groups in total. The van der Waals surface area contributed by atoms with Gasteiger partial charge in [-0.15, -0.1) is 0 Å². The fraction of sp³-hybridized carbons (Fsp3) is 0.300. The van der Waals surface area contributed by atoms with Crippen molar-refractivity contribution in [1.29, 1.82) is 0 Å². The maximum Gasteiger partial charge on any atom is 0.413 e. The summed E-state index contributed by atoms with van der Waals surface area (Å²) in [7, 11) is 0. The number of anilines is 1. The number of thioether (sulfide) groups is 1. The summed E-state index contributed by atoms with van der Waals surface area (Å²) in [6.45, 7) is 5.55. The van der Waals surface area contributed by atoms with Crippen LogP contribution in [0.1, 0.15) is 26.3 Å². The summed E-state index contributed by atoms with van der Waals surface area (Å²) in [6, 6.07) is 12.8. The fourth-order valence-corrected chi connectivity index (χ4v) is 2.72. The Bertz CT molecular complexity index is 804. The van der Waals surface area contributed by atoms with Gasteiger partial charge in [-0.1, -0.05) is 23.9 Å². The minimum absolute atomic E-state index is 0.127. The highest BCUT2D eigenvalue weighted by Crippen LogP contribution is 2.26. The van der Waals surface area contributed by atoms with E-state index in [9.17, 15) is 18.4 Å². The van der Waals surface area contributed by atoms with Crippen LogP contribution in [0.25, 0.3) is 0 Å². The molecule has 8 heteroatoms. The second-order valence-corrected chi connectivity index (χ2v) is 8.10. The van der Waals surface area contributed by atoms with Crippen molar-refractivity contribution < 1.29 is 23.1 Å². The minimum atomic E-state index is -2.48. The highest BCUT2D eigenvalue weighted by Gasteiger charge is 2.15.